The highest BCUT2D eigenvalue weighted by Crippen LogP contribution is 2.21. The molecule has 3 atom stereocenters. The van der Waals surface area contributed by atoms with E-state index in [1.807, 2.05) is 31.2 Å². The first kappa shape index (κ1) is 29.4. The van der Waals surface area contributed by atoms with Gasteiger partial charge < -0.3 is 10.5 Å². The molecule has 196 valence electrons. The molecule has 6 nitrogen and oxygen atoms in total. The molecule has 0 amide bonds. The average molecular weight is 496 g/mol. The van der Waals surface area contributed by atoms with Gasteiger partial charge in [-0.2, -0.15) is 0 Å². The third kappa shape index (κ3) is 9.65. The Hall–Kier alpha value is -2.86. The maximum absolute atomic E-state index is 12.5. The van der Waals surface area contributed by atoms with E-state index < -0.39 is 17.9 Å². The van der Waals surface area contributed by atoms with E-state index >= 15 is 0 Å². The number of methoxy groups -OCH3 is 1. The van der Waals surface area contributed by atoms with Gasteiger partial charge in [0.15, 0.2) is 0 Å². The number of benzene rings is 2. The van der Waals surface area contributed by atoms with Crippen LogP contribution in [0.4, 0.5) is 0 Å². The number of hydrogen-bond donors (Lipinski definition) is 1. The van der Waals surface area contributed by atoms with E-state index in [0.29, 0.717) is 38.5 Å². The molecule has 0 fully saturated rings. The normalized spacial score (nSPS) is 13.7. The predicted octanol–water partition coefficient (Wildman–Crippen LogP) is 5.37. The molecule has 2 N–H and O–H groups in total. The van der Waals surface area contributed by atoms with Gasteiger partial charge in [0.05, 0.1) is 19.1 Å². The van der Waals surface area contributed by atoms with Gasteiger partial charge >= 0.3 is 5.97 Å². The number of fused-ring (bicyclic) bond motifs is 1. The van der Waals surface area contributed by atoms with Crippen LogP contribution in [-0.2, 0) is 30.3 Å². The lowest BCUT2D eigenvalue weighted by Gasteiger charge is -2.16. The Morgan fingerprint density at radius 3 is 2.25 bits per heavy atom. The molecule has 0 aromatic heterocycles. The molecule has 0 aliphatic rings. The van der Waals surface area contributed by atoms with E-state index in [4.69, 9.17) is 10.5 Å². The van der Waals surface area contributed by atoms with Crippen LogP contribution < -0.4 is 5.73 Å². The number of esters is 1. The zero-order valence-corrected chi connectivity index (χ0v) is 22.0. The summed E-state index contributed by atoms with van der Waals surface area (Å²) >= 11 is 0. The number of Topliss-reactive ketones (excluding diaryl/α,β-unsaturated/α-hetero) is 3. The van der Waals surface area contributed by atoms with Crippen LogP contribution in [0.5, 0.6) is 0 Å². The van der Waals surface area contributed by atoms with Gasteiger partial charge in [-0.15, -0.1) is 0 Å². The van der Waals surface area contributed by atoms with E-state index in [0.717, 1.165) is 29.2 Å². The Kier molecular flexibility index (Phi) is 12.5. The fourth-order valence-electron chi connectivity index (χ4n) is 4.69. The van der Waals surface area contributed by atoms with Crippen molar-refractivity contribution in [3.8, 4) is 0 Å². The number of carbonyl (C=O) groups is 4. The monoisotopic (exact) mass is 495 g/mol. The van der Waals surface area contributed by atoms with Gasteiger partial charge in [0.1, 0.15) is 17.3 Å². The van der Waals surface area contributed by atoms with Crippen LogP contribution in [0, 0.1) is 11.8 Å². The molecule has 2 aromatic rings. The fourth-order valence-corrected chi connectivity index (χ4v) is 4.69. The lowest BCUT2D eigenvalue weighted by Crippen LogP contribution is -2.32. The lowest BCUT2D eigenvalue weighted by atomic mass is 9.88. The molecule has 0 saturated heterocycles. The minimum atomic E-state index is -0.538. The second-order valence-corrected chi connectivity index (χ2v) is 9.82. The minimum Gasteiger partial charge on any atom is -0.469 e. The molecule has 6 heteroatoms. The van der Waals surface area contributed by atoms with E-state index in [1.54, 1.807) is 0 Å². The average Bonchev–Trinajstić information content (AvgIpc) is 2.86. The quantitative estimate of drug-likeness (QED) is 0.234. The second-order valence-electron chi connectivity index (χ2n) is 9.82. The van der Waals surface area contributed by atoms with Crippen molar-refractivity contribution in [2.24, 2.45) is 17.6 Å². The molecule has 2 aromatic carbocycles. The summed E-state index contributed by atoms with van der Waals surface area (Å²) in [5.41, 5.74) is 7.23. The summed E-state index contributed by atoms with van der Waals surface area (Å²) in [4.78, 5) is 49.0. The van der Waals surface area contributed by atoms with Crippen LogP contribution in [0.25, 0.3) is 10.8 Å². The summed E-state index contributed by atoms with van der Waals surface area (Å²) in [5, 5.41) is 2.29. The fraction of sp³-hybridized carbons (Fsp3) is 0.533. The topological polar surface area (TPSA) is 104 Å². The zero-order chi connectivity index (χ0) is 26.5. The van der Waals surface area contributed by atoms with Crippen molar-refractivity contribution < 1.29 is 23.9 Å². The summed E-state index contributed by atoms with van der Waals surface area (Å²) in [7, 11) is 1.32. The van der Waals surface area contributed by atoms with Crippen molar-refractivity contribution in [2.45, 2.75) is 84.1 Å². The zero-order valence-electron chi connectivity index (χ0n) is 22.0. The molecule has 0 aliphatic carbocycles. The van der Waals surface area contributed by atoms with E-state index in [-0.39, 0.29) is 36.1 Å². The molecule has 0 radical (unpaired) electrons. The number of ether oxygens (including phenoxy) is 1. The second kappa shape index (κ2) is 15.3. The molecule has 36 heavy (non-hydrogen) atoms. The number of rotatable bonds is 17. The van der Waals surface area contributed by atoms with Crippen molar-refractivity contribution in [1.82, 2.24) is 0 Å². The first-order valence-corrected chi connectivity index (χ1v) is 13.1. The molecule has 2 rings (SSSR count). The van der Waals surface area contributed by atoms with Gasteiger partial charge in [-0.3, -0.25) is 19.2 Å². The molecule has 0 bridgehead atoms. The molecular formula is C30H41NO5. The lowest BCUT2D eigenvalue weighted by molar-refractivity contribution is -0.147. The summed E-state index contributed by atoms with van der Waals surface area (Å²) in [6, 6.07) is 13.7. The predicted molar refractivity (Wildman–Crippen MR) is 143 cm³/mol. The molecule has 0 spiro atoms. The van der Waals surface area contributed by atoms with E-state index in [1.165, 1.54) is 14.0 Å². The highest BCUT2D eigenvalue weighted by molar-refractivity contribution is 5.89. The van der Waals surface area contributed by atoms with Gasteiger partial charge in [0.25, 0.3) is 0 Å². The van der Waals surface area contributed by atoms with Crippen LogP contribution in [0.3, 0.4) is 0 Å². The summed E-state index contributed by atoms with van der Waals surface area (Å²) in [6.45, 7) is 3.50. The Bertz CT molecular complexity index is 1030. The van der Waals surface area contributed by atoms with Gasteiger partial charge in [-0.05, 0) is 48.9 Å². The van der Waals surface area contributed by atoms with Gasteiger partial charge in [-0.1, -0.05) is 68.7 Å². The smallest absolute Gasteiger partial charge is 0.309 e. The Morgan fingerprint density at radius 1 is 0.889 bits per heavy atom. The Balaban J connectivity index is 1.75. The van der Waals surface area contributed by atoms with Gasteiger partial charge in [0.2, 0.25) is 0 Å². The molecule has 0 heterocycles. The maximum atomic E-state index is 12.5. The number of unbranched alkanes of at least 4 members (excludes halogenated alkanes) is 2. The molecular weight excluding hydrogens is 454 g/mol. The molecule has 0 saturated carbocycles. The van der Waals surface area contributed by atoms with Crippen molar-refractivity contribution in [2.75, 3.05) is 7.11 Å². The Labute approximate surface area is 215 Å². The third-order valence-corrected chi connectivity index (χ3v) is 6.85. The largest absolute Gasteiger partial charge is 0.469 e. The standard InChI is InChI=1S/C30H41NO5/c1-4-10-24(21(2)32)19-27(33)20-26(30(35)36-3)13-6-5-7-14-29(34)28(31)18-22-15-16-23-11-8-9-12-25(23)17-22/h8-9,11-12,15-17,24,26,28H,4-7,10,13-14,18-20,31H2,1-3H3/t24-,26-,28+/m1/s1. The highest BCUT2D eigenvalue weighted by atomic mass is 16.5. The van der Waals surface area contributed by atoms with Crippen LogP contribution in [0.1, 0.15) is 77.2 Å². The van der Waals surface area contributed by atoms with Gasteiger partial charge in [-0.25, -0.2) is 0 Å². The number of hydrogen-bond acceptors (Lipinski definition) is 6. The highest BCUT2D eigenvalue weighted by Gasteiger charge is 2.25. The summed E-state index contributed by atoms with van der Waals surface area (Å²) in [5.74, 6) is -1.20. The van der Waals surface area contributed by atoms with Crippen LogP contribution in [-0.4, -0.2) is 36.5 Å². The number of nitrogens with two attached hydrogens (primary N) is 1. The molecule has 0 aliphatic heterocycles. The van der Waals surface area contributed by atoms with Crippen LogP contribution in [0.2, 0.25) is 0 Å². The van der Waals surface area contributed by atoms with Crippen molar-refractivity contribution in [3.63, 3.8) is 0 Å². The summed E-state index contributed by atoms with van der Waals surface area (Å²) in [6.07, 6.45) is 5.39. The molecule has 0 unspecified atom stereocenters. The minimum absolute atomic E-state index is 0.0170. The Morgan fingerprint density at radius 2 is 1.58 bits per heavy atom. The number of ketones is 3. The third-order valence-electron chi connectivity index (χ3n) is 6.85. The van der Waals surface area contributed by atoms with Crippen molar-refractivity contribution in [3.05, 3.63) is 48.0 Å². The SMILES string of the molecule is CCC[C@H](CC(=O)C[C@@H](CCCCCC(=O)[C@@H](N)Cc1ccc2ccccc2c1)C(=O)OC)C(C)=O. The summed E-state index contributed by atoms with van der Waals surface area (Å²) < 4.78 is 4.89. The number of carbonyl (C=O) groups excluding carboxylic acids is 4. The maximum Gasteiger partial charge on any atom is 0.309 e. The first-order chi connectivity index (χ1) is 17.2. The van der Waals surface area contributed by atoms with Crippen LogP contribution in [0.15, 0.2) is 42.5 Å². The van der Waals surface area contributed by atoms with Crippen LogP contribution >= 0.6 is 0 Å². The van der Waals surface area contributed by atoms with E-state index in [2.05, 4.69) is 18.2 Å². The first-order valence-electron chi connectivity index (χ1n) is 13.1. The van der Waals surface area contributed by atoms with E-state index in [9.17, 15) is 19.2 Å². The van der Waals surface area contributed by atoms with Crippen molar-refractivity contribution >= 4 is 34.1 Å². The van der Waals surface area contributed by atoms with Gasteiger partial charge in [0, 0.05) is 25.2 Å². The van der Waals surface area contributed by atoms with Crippen molar-refractivity contribution in [1.29, 1.82) is 0 Å².